The van der Waals surface area contributed by atoms with Gasteiger partial charge in [0, 0.05) is 10.6 Å². The standard InChI is InChI=1S/C12H9BrClNO3/c1-2-18-11-7(3-8(6-15)12(16)17)4-9(14)5-10(11)13/h3-5H,2H2,1H3,(H,16,17). The molecule has 0 aromatic heterocycles. The minimum Gasteiger partial charge on any atom is -0.492 e. The van der Waals surface area contributed by atoms with Crippen LogP contribution < -0.4 is 4.74 Å². The van der Waals surface area contributed by atoms with Crippen LogP contribution in [0.4, 0.5) is 0 Å². The van der Waals surface area contributed by atoms with E-state index in [1.165, 1.54) is 12.1 Å². The number of nitriles is 1. The fourth-order valence-electron chi connectivity index (χ4n) is 1.28. The first kappa shape index (κ1) is 14.6. The lowest BCUT2D eigenvalue weighted by atomic mass is 10.1. The molecule has 6 heteroatoms. The smallest absolute Gasteiger partial charge is 0.346 e. The molecule has 1 aromatic carbocycles. The Balaban J connectivity index is 3.39. The van der Waals surface area contributed by atoms with Gasteiger partial charge in [0.15, 0.2) is 0 Å². The molecule has 0 aliphatic heterocycles. The van der Waals surface area contributed by atoms with Crippen molar-refractivity contribution in [3.8, 4) is 11.8 Å². The quantitative estimate of drug-likeness (QED) is 0.677. The van der Waals surface area contributed by atoms with E-state index in [1.54, 1.807) is 19.1 Å². The maximum absolute atomic E-state index is 10.8. The lowest BCUT2D eigenvalue weighted by Crippen LogP contribution is -1.99. The summed E-state index contributed by atoms with van der Waals surface area (Å²) in [6, 6.07) is 4.78. The second-order valence-electron chi connectivity index (χ2n) is 3.21. The maximum Gasteiger partial charge on any atom is 0.346 e. The van der Waals surface area contributed by atoms with Gasteiger partial charge in [0.05, 0.1) is 11.1 Å². The number of carboxylic acid groups (broad SMARTS) is 1. The van der Waals surface area contributed by atoms with Gasteiger partial charge in [-0.25, -0.2) is 4.79 Å². The van der Waals surface area contributed by atoms with Crippen LogP contribution in [0.3, 0.4) is 0 Å². The maximum atomic E-state index is 10.8. The van der Waals surface area contributed by atoms with Crippen molar-refractivity contribution in [2.45, 2.75) is 6.92 Å². The van der Waals surface area contributed by atoms with Crippen LogP contribution in [0.5, 0.6) is 5.75 Å². The Morgan fingerprint density at radius 2 is 2.33 bits per heavy atom. The Labute approximate surface area is 118 Å². The molecule has 1 rings (SSSR count). The van der Waals surface area contributed by atoms with Crippen LogP contribution in [-0.4, -0.2) is 17.7 Å². The number of benzene rings is 1. The molecule has 0 fully saturated rings. The average Bonchev–Trinajstić information content (AvgIpc) is 2.29. The van der Waals surface area contributed by atoms with Crippen molar-refractivity contribution < 1.29 is 14.6 Å². The van der Waals surface area contributed by atoms with Gasteiger partial charge in [-0.1, -0.05) is 11.6 Å². The Bertz CT molecular complexity index is 549. The molecule has 0 unspecified atom stereocenters. The van der Waals surface area contributed by atoms with E-state index in [4.69, 9.17) is 26.7 Å². The zero-order valence-electron chi connectivity index (χ0n) is 9.41. The third-order valence-corrected chi connectivity index (χ3v) is 2.78. The second kappa shape index (κ2) is 6.43. The van der Waals surface area contributed by atoms with Crippen molar-refractivity contribution in [2.75, 3.05) is 6.61 Å². The summed E-state index contributed by atoms with van der Waals surface area (Å²) in [7, 11) is 0. The van der Waals surface area contributed by atoms with E-state index in [1.807, 2.05) is 0 Å². The highest BCUT2D eigenvalue weighted by molar-refractivity contribution is 9.10. The second-order valence-corrected chi connectivity index (χ2v) is 4.50. The molecule has 1 N–H and O–H groups in total. The predicted octanol–water partition coefficient (Wildman–Crippen LogP) is 3.49. The Morgan fingerprint density at radius 3 is 2.83 bits per heavy atom. The molecule has 0 amide bonds. The number of ether oxygens (including phenoxy) is 1. The molecule has 0 atom stereocenters. The van der Waals surface area contributed by atoms with E-state index in [-0.39, 0.29) is 5.57 Å². The number of carbonyl (C=O) groups is 1. The van der Waals surface area contributed by atoms with Gasteiger partial charge < -0.3 is 9.84 Å². The highest BCUT2D eigenvalue weighted by atomic mass is 79.9. The Hall–Kier alpha value is -1.51. The molecular weight excluding hydrogens is 321 g/mol. The number of hydrogen-bond donors (Lipinski definition) is 1. The van der Waals surface area contributed by atoms with Crippen LogP contribution >= 0.6 is 27.5 Å². The van der Waals surface area contributed by atoms with Gasteiger partial charge in [0.1, 0.15) is 17.4 Å². The third-order valence-electron chi connectivity index (χ3n) is 1.98. The number of rotatable bonds is 4. The van der Waals surface area contributed by atoms with Crippen molar-refractivity contribution in [1.29, 1.82) is 5.26 Å². The third kappa shape index (κ3) is 3.49. The molecule has 0 heterocycles. The Morgan fingerprint density at radius 1 is 1.67 bits per heavy atom. The van der Waals surface area contributed by atoms with Crippen LogP contribution in [0.15, 0.2) is 22.2 Å². The number of nitrogens with zero attached hydrogens (tertiary/aromatic N) is 1. The minimum absolute atomic E-state index is 0.384. The number of hydrogen-bond acceptors (Lipinski definition) is 3. The zero-order chi connectivity index (χ0) is 13.7. The first-order valence-corrected chi connectivity index (χ1v) is 6.13. The van der Waals surface area contributed by atoms with Gasteiger partial charge in [-0.15, -0.1) is 0 Å². The van der Waals surface area contributed by atoms with Gasteiger partial charge in [0.2, 0.25) is 0 Å². The van der Waals surface area contributed by atoms with Crippen molar-refractivity contribution >= 4 is 39.6 Å². The van der Waals surface area contributed by atoms with Crippen molar-refractivity contribution in [2.24, 2.45) is 0 Å². The fraction of sp³-hybridized carbons (Fsp3) is 0.167. The van der Waals surface area contributed by atoms with E-state index in [2.05, 4.69) is 15.9 Å². The van der Waals surface area contributed by atoms with Gasteiger partial charge in [0.25, 0.3) is 0 Å². The molecule has 0 spiro atoms. The van der Waals surface area contributed by atoms with E-state index < -0.39 is 5.97 Å². The van der Waals surface area contributed by atoms with Gasteiger partial charge >= 0.3 is 5.97 Å². The van der Waals surface area contributed by atoms with E-state index in [9.17, 15) is 4.79 Å². The lowest BCUT2D eigenvalue weighted by Gasteiger charge is -2.10. The van der Waals surface area contributed by atoms with Crippen LogP contribution in [0.2, 0.25) is 5.02 Å². The molecule has 0 aliphatic rings. The summed E-state index contributed by atoms with van der Waals surface area (Å²) in [5, 5.41) is 18.0. The molecular formula is C12H9BrClNO3. The summed E-state index contributed by atoms with van der Waals surface area (Å²) >= 11 is 9.16. The molecule has 4 nitrogen and oxygen atoms in total. The molecule has 0 saturated heterocycles. The van der Waals surface area contributed by atoms with Crippen LogP contribution in [0.1, 0.15) is 12.5 Å². The summed E-state index contributed by atoms with van der Waals surface area (Å²) in [5.74, 6) is -0.841. The number of halogens is 2. The van der Waals surface area contributed by atoms with E-state index in [0.717, 1.165) is 0 Å². The summed E-state index contributed by atoms with van der Waals surface area (Å²) in [6.07, 6.45) is 1.23. The van der Waals surface area contributed by atoms with Crippen molar-refractivity contribution in [3.05, 3.63) is 32.8 Å². The van der Waals surface area contributed by atoms with E-state index in [0.29, 0.717) is 27.4 Å². The lowest BCUT2D eigenvalue weighted by molar-refractivity contribution is -0.132. The van der Waals surface area contributed by atoms with Crippen molar-refractivity contribution in [1.82, 2.24) is 0 Å². The number of aliphatic carboxylic acids is 1. The number of carboxylic acids is 1. The molecule has 0 aliphatic carbocycles. The topological polar surface area (TPSA) is 70.3 Å². The average molecular weight is 331 g/mol. The molecule has 0 radical (unpaired) electrons. The zero-order valence-corrected chi connectivity index (χ0v) is 11.7. The molecule has 94 valence electrons. The summed E-state index contributed by atoms with van der Waals surface area (Å²) in [4.78, 5) is 10.8. The van der Waals surface area contributed by atoms with E-state index >= 15 is 0 Å². The molecule has 0 bridgehead atoms. The fourth-order valence-corrected chi connectivity index (χ4v) is 2.23. The molecule has 0 saturated carbocycles. The normalized spacial score (nSPS) is 10.9. The highest BCUT2D eigenvalue weighted by Gasteiger charge is 2.12. The first-order valence-electron chi connectivity index (χ1n) is 4.96. The van der Waals surface area contributed by atoms with Gasteiger partial charge in [-0.05, 0) is 41.1 Å². The van der Waals surface area contributed by atoms with Crippen LogP contribution in [0, 0.1) is 11.3 Å². The molecule has 18 heavy (non-hydrogen) atoms. The summed E-state index contributed by atoms with van der Waals surface area (Å²) in [6.45, 7) is 2.22. The van der Waals surface area contributed by atoms with Gasteiger partial charge in [-0.3, -0.25) is 0 Å². The van der Waals surface area contributed by atoms with Crippen molar-refractivity contribution in [3.63, 3.8) is 0 Å². The predicted molar refractivity (Wildman–Crippen MR) is 71.5 cm³/mol. The SMILES string of the molecule is CCOc1c(Br)cc(Cl)cc1C=C(C#N)C(=O)O. The summed E-state index contributed by atoms with van der Waals surface area (Å²) in [5.41, 5.74) is 0.0558. The monoisotopic (exact) mass is 329 g/mol. The molecule has 1 aromatic rings. The summed E-state index contributed by atoms with van der Waals surface area (Å²) < 4.78 is 6.00. The Kier molecular flexibility index (Phi) is 5.20. The van der Waals surface area contributed by atoms with Gasteiger partial charge in [-0.2, -0.15) is 5.26 Å². The largest absolute Gasteiger partial charge is 0.492 e. The van der Waals surface area contributed by atoms with Crippen LogP contribution in [-0.2, 0) is 4.79 Å². The minimum atomic E-state index is -1.30. The highest BCUT2D eigenvalue weighted by Crippen LogP contribution is 2.34. The van der Waals surface area contributed by atoms with Crippen LogP contribution in [0.25, 0.3) is 6.08 Å². The first-order chi connectivity index (χ1) is 8.49.